The molecule has 2 aromatic rings. The van der Waals surface area contributed by atoms with Crippen molar-refractivity contribution in [1.82, 2.24) is 5.32 Å². The highest BCUT2D eigenvalue weighted by Gasteiger charge is 2.24. The fourth-order valence-corrected chi connectivity index (χ4v) is 2.34. The predicted molar refractivity (Wildman–Crippen MR) is 85.8 cm³/mol. The van der Waals surface area contributed by atoms with Gasteiger partial charge in [0.15, 0.2) is 0 Å². The lowest BCUT2D eigenvalue weighted by Gasteiger charge is -2.24. The van der Waals surface area contributed by atoms with Crippen molar-refractivity contribution in [2.75, 3.05) is 6.54 Å². The van der Waals surface area contributed by atoms with Crippen LogP contribution in [0.4, 0.5) is 4.39 Å². The molecule has 0 heterocycles. The maximum absolute atomic E-state index is 12.9. The lowest BCUT2D eigenvalue weighted by atomic mass is 9.96. The third-order valence-electron chi connectivity index (χ3n) is 3.48. The van der Waals surface area contributed by atoms with Gasteiger partial charge in [0.05, 0.1) is 13.0 Å². The predicted octanol–water partition coefficient (Wildman–Crippen LogP) is 2.75. The van der Waals surface area contributed by atoms with Crippen molar-refractivity contribution in [2.45, 2.75) is 18.9 Å². The van der Waals surface area contributed by atoms with Gasteiger partial charge in [0.25, 0.3) is 0 Å². The van der Waals surface area contributed by atoms with Crippen LogP contribution in [0.5, 0.6) is 5.75 Å². The van der Waals surface area contributed by atoms with E-state index < -0.39 is 11.4 Å². The van der Waals surface area contributed by atoms with Gasteiger partial charge in [-0.2, -0.15) is 0 Å². The molecule has 0 aliphatic heterocycles. The Hall–Kier alpha value is -2.11. The molecule has 0 aliphatic rings. The van der Waals surface area contributed by atoms with Crippen molar-refractivity contribution >= 4 is 17.5 Å². The number of phenols is 1. The Labute approximate surface area is 138 Å². The number of phenolic OH excluding ortho intramolecular Hbond substituents is 1. The van der Waals surface area contributed by atoms with Gasteiger partial charge in [0.1, 0.15) is 17.2 Å². The SMILES string of the molecule is C[C@@](O)(CNC(=O)Cc1ccc(O)cc1Cl)c1ccc(F)cc1. The number of carbonyl (C=O) groups excluding carboxylic acids is 1. The van der Waals surface area contributed by atoms with Gasteiger partial charge >= 0.3 is 0 Å². The van der Waals surface area contributed by atoms with Crippen LogP contribution in [0.25, 0.3) is 0 Å². The van der Waals surface area contributed by atoms with Crippen LogP contribution in [0.3, 0.4) is 0 Å². The molecule has 4 nitrogen and oxygen atoms in total. The Bertz CT molecular complexity index is 701. The highest BCUT2D eigenvalue weighted by atomic mass is 35.5. The maximum Gasteiger partial charge on any atom is 0.224 e. The molecule has 0 unspecified atom stereocenters. The Kier molecular flexibility index (Phi) is 5.23. The first kappa shape index (κ1) is 17.2. The number of nitrogens with one attached hydrogen (secondary N) is 1. The maximum atomic E-state index is 12.9. The van der Waals surface area contributed by atoms with Gasteiger partial charge in [0.2, 0.25) is 5.91 Å². The third kappa shape index (κ3) is 4.68. The molecule has 1 amide bonds. The molecule has 122 valence electrons. The molecular formula is C17H17ClFNO3. The highest BCUT2D eigenvalue weighted by Crippen LogP contribution is 2.22. The Morgan fingerprint density at radius 3 is 2.52 bits per heavy atom. The summed E-state index contributed by atoms with van der Waals surface area (Å²) in [5.74, 6) is -0.686. The van der Waals surface area contributed by atoms with Crippen LogP contribution in [-0.2, 0) is 16.8 Å². The van der Waals surface area contributed by atoms with Crippen LogP contribution >= 0.6 is 11.6 Å². The standard InChI is InChI=1S/C17H17ClFNO3/c1-17(23,12-3-5-13(19)6-4-12)10-20-16(22)8-11-2-7-14(21)9-15(11)18/h2-7,9,21,23H,8,10H2,1H3,(H,20,22)/t17-/m1/s1. The fraction of sp³-hybridized carbons (Fsp3) is 0.235. The van der Waals surface area contributed by atoms with Crippen LogP contribution in [0.1, 0.15) is 18.1 Å². The van der Waals surface area contributed by atoms with E-state index in [1.54, 1.807) is 6.07 Å². The first-order valence-corrected chi connectivity index (χ1v) is 7.38. The Morgan fingerprint density at radius 1 is 1.26 bits per heavy atom. The van der Waals surface area contributed by atoms with E-state index in [1.807, 2.05) is 0 Å². The zero-order valence-electron chi connectivity index (χ0n) is 12.5. The second kappa shape index (κ2) is 6.98. The summed E-state index contributed by atoms with van der Waals surface area (Å²) < 4.78 is 12.9. The topological polar surface area (TPSA) is 69.6 Å². The van der Waals surface area contributed by atoms with Crippen molar-refractivity contribution in [3.05, 3.63) is 64.4 Å². The molecule has 0 saturated carbocycles. The molecule has 0 aliphatic carbocycles. The number of rotatable bonds is 5. The lowest BCUT2D eigenvalue weighted by molar-refractivity contribution is -0.121. The number of hydrogen-bond donors (Lipinski definition) is 3. The van der Waals surface area contributed by atoms with Gasteiger partial charge in [-0.05, 0) is 42.3 Å². The lowest BCUT2D eigenvalue weighted by Crippen LogP contribution is -2.39. The molecule has 0 spiro atoms. The van der Waals surface area contributed by atoms with Gasteiger partial charge < -0.3 is 15.5 Å². The smallest absolute Gasteiger partial charge is 0.224 e. The second-order valence-electron chi connectivity index (χ2n) is 5.51. The summed E-state index contributed by atoms with van der Waals surface area (Å²) in [6.45, 7) is 1.52. The third-order valence-corrected chi connectivity index (χ3v) is 3.84. The number of amides is 1. The minimum atomic E-state index is -1.32. The average Bonchev–Trinajstić information content (AvgIpc) is 2.49. The molecule has 3 N–H and O–H groups in total. The number of aliphatic hydroxyl groups is 1. The zero-order valence-corrected chi connectivity index (χ0v) is 13.3. The molecule has 6 heteroatoms. The molecule has 0 bridgehead atoms. The number of halogens is 2. The van der Waals surface area contributed by atoms with Gasteiger partial charge in [-0.15, -0.1) is 0 Å². The summed E-state index contributed by atoms with van der Waals surface area (Å²) in [7, 11) is 0. The van der Waals surface area contributed by atoms with E-state index in [2.05, 4.69) is 5.32 Å². The number of hydrogen-bond acceptors (Lipinski definition) is 3. The molecule has 0 saturated heterocycles. The van der Waals surface area contributed by atoms with Crippen LogP contribution in [-0.4, -0.2) is 22.7 Å². The minimum absolute atomic E-state index is 0.0207. The molecular weight excluding hydrogens is 321 g/mol. The van der Waals surface area contributed by atoms with Crippen LogP contribution in [0.15, 0.2) is 42.5 Å². The first-order valence-electron chi connectivity index (χ1n) is 7.00. The fourth-order valence-electron chi connectivity index (χ4n) is 2.10. The summed E-state index contributed by atoms with van der Waals surface area (Å²) in [5.41, 5.74) is -0.243. The van der Waals surface area contributed by atoms with Gasteiger partial charge in [-0.1, -0.05) is 29.8 Å². The quantitative estimate of drug-likeness (QED) is 0.785. The van der Waals surface area contributed by atoms with Gasteiger partial charge in [0, 0.05) is 5.02 Å². The Morgan fingerprint density at radius 2 is 1.91 bits per heavy atom. The van der Waals surface area contributed by atoms with E-state index in [0.29, 0.717) is 16.1 Å². The Balaban J connectivity index is 1.96. The number of aromatic hydroxyl groups is 1. The summed E-state index contributed by atoms with van der Waals surface area (Å²) in [6, 6.07) is 9.82. The monoisotopic (exact) mass is 337 g/mol. The van der Waals surface area contributed by atoms with E-state index in [4.69, 9.17) is 11.6 Å². The molecule has 0 fully saturated rings. The van der Waals surface area contributed by atoms with Crippen LogP contribution < -0.4 is 5.32 Å². The second-order valence-corrected chi connectivity index (χ2v) is 5.92. The molecule has 0 radical (unpaired) electrons. The molecule has 2 rings (SSSR count). The number of benzene rings is 2. The van der Waals surface area contributed by atoms with E-state index >= 15 is 0 Å². The van der Waals surface area contributed by atoms with E-state index in [-0.39, 0.29) is 24.6 Å². The summed E-state index contributed by atoms with van der Waals surface area (Å²) >= 11 is 5.95. The van der Waals surface area contributed by atoms with Crippen molar-refractivity contribution in [1.29, 1.82) is 0 Å². The average molecular weight is 338 g/mol. The highest BCUT2D eigenvalue weighted by molar-refractivity contribution is 6.31. The molecule has 1 atom stereocenters. The number of carbonyl (C=O) groups is 1. The summed E-state index contributed by atoms with van der Waals surface area (Å²) in [6.07, 6.45) is 0.0264. The van der Waals surface area contributed by atoms with E-state index in [9.17, 15) is 19.4 Å². The van der Waals surface area contributed by atoms with Crippen molar-refractivity contribution < 1.29 is 19.4 Å². The van der Waals surface area contributed by atoms with E-state index in [0.717, 1.165) is 0 Å². The van der Waals surface area contributed by atoms with E-state index in [1.165, 1.54) is 43.3 Å². The summed E-state index contributed by atoms with van der Waals surface area (Å²) in [5, 5.41) is 22.6. The van der Waals surface area contributed by atoms with Crippen LogP contribution in [0.2, 0.25) is 5.02 Å². The normalized spacial score (nSPS) is 13.4. The molecule has 23 heavy (non-hydrogen) atoms. The minimum Gasteiger partial charge on any atom is -0.508 e. The zero-order chi connectivity index (χ0) is 17.0. The first-order chi connectivity index (χ1) is 10.8. The summed E-state index contributed by atoms with van der Waals surface area (Å²) in [4.78, 5) is 12.0. The van der Waals surface area contributed by atoms with Gasteiger partial charge in [-0.25, -0.2) is 4.39 Å². The van der Waals surface area contributed by atoms with Crippen molar-refractivity contribution in [3.63, 3.8) is 0 Å². The molecule has 2 aromatic carbocycles. The van der Waals surface area contributed by atoms with Crippen molar-refractivity contribution in [2.24, 2.45) is 0 Å². The van der Waals surface area contributed by atoms with Crippen molar-refractivity contribution in [3.8, 4) is 5.75 Å². The van der Waals surface area contributed by atoms with Gasteiger partial charge in [-0.3, -0.25) is 4.79 Å². The van der Waals surface area contributed by atoms with Crippen LogP contribution in [0, 0.1) is 5.82 Å². The largest absolute Gasteiger partial charge is 0.508 e. The molecule has 0 aromatic heterocycles.